The lowest BCUT2D eigenvalue weighted by atomic mass is 9.99. The van der Waals surface area contributed by atoms with Crippen LogP contribution in [0.3, 0.4) is 0 Å². The molecule has 106 valence electrons. The quantitative estimate of drug-likeness (QED) is 0.871. The van der Waals surface area contributed by atoms with Crippen LogP contribution in [0.25, 0.3) is 0 Å². The Labute approximate surface area is 123 Å². The zero-order chi connectivity index (χ0) is 13.8. The van der Waals surface area contributed by atoms with Crippen molar-refractivity contribution >= 4 is 15.9 Å². The maximum atomic E-state index is 5.79. The zero-order valence-corrected chi connectivity index (χ0v) is 13.4. The molecule has 1 aromatic carbocycles. The average molecular weight is 328 g/mol. The fourth-order valence-corrected chi connectivity index (χ4v) is 3.12. The second kappa shape index (κ2) is 6.73. The van der Waals surface area contributed by atoms with Crippen LogP contribution < -0.4 is 10.1 Å². The highest BCUT2D eigenvalue weighted by Gasteiger charge is 2.22. The van der Waals surface area contributed by atoms with Crippen LogP contribution in [-0.2, 0) is 17.6 Å². The number of rotatable bonds is 6. The number of likely N-dealkylation sites (N-methyl/N-ethyl adjacent to an activating group) is 1. The van der Waals surface area contributed by atoms with E-state index >= 15 is 0 Å². The minimum atomic E-state index is 0.177. The van der Waals surface area contributed by atoms with Crippen molar-refractivity contribution in [3.63, 3.8) is 0 Å². The van der Waals surface area contributed by atoms with Crippen molar-refractivity contribution in [3.05, 3.63) is 27.7 Å². The smallest absolute Gasteiger partial charge is 0.125 e. The predicted molar refractivity (Wildman–Crippen MR) is 81.0 cm³/mol. The zero-order valence-electron chi connectivity index (χ0n) is 11.8. The lowest BCUT2D eigenvalue weighted by molar-refractivity contribution is 0.0834. The predicted octanol–water partition coefficient (Wildman–Crippen LogP) is 2.94. The van der Waals surface area contributed by atoms with Gasteiger partial charge in [0.2, 0.25) is 0 Å². The van der Waals surface area contributed by atoms with Crippen molar-refractivity contribution in [3.8, 4) is 5.75 Å². The van der Waals surface area contributed by atoms with Crippen LogP contribution in [0.4, 0.5) is 0 Å². The molecule has 0 saturated carbocycles. The molecule has 2 unspecified atom stereocenters. The molecule has 19 heavy (non-hydrogen) atoms. The second-order valence-corrected chi connectivity index (χ2v) is 5.88. The normalized spacial score (nSPS) is 16.8. The summed E-state index contributed by atoms with van der Waals surface area (Å²) >= 11 is 3.59. The molecule has 4 heteroatoms. The van der Waals surface area contributed by atoms with E-state index in [1.165, 1.54) is 11.1 Å². The first-order chi connectivity index (χ1) is 9.15. The molecule has 0 fully saturated rings. The van der Waals surface area contributed by atoms with E-state index in [1.54, 1.807) is 7.11 Å². The molecule has 2 rings (SSSR count). The van der Waals surface area contributed by atoms with E-state index in [1.807, 2.05) is 0 Å². The highest BCUT2D eigenvalue weighted by Crippen LogP contribution is 2.34. The molecular formula is C15H22BrNO2. The highest BCUT2D eigenvalue weighted by atomic mass is 79.9. The Morgan fingerprint density at radius 2 is 2.26 bits per heavy atom. The fraction of sp³-hybridized carbons (Fsp3) is 0.600. The van der Waals surface area contributed by atoms with Gasteiger partial charge in [0.25, 0.3) is 0 Å². The average Bonchev–Trinajstić information content (AvgIpc) is 2.85. The molecule has 1 aliphatic rings. The van der Waals surface area contributed by atoms with Crippen molar-refractivity contribution < 1.29 is 9.47 Å². The van der Waals surface area contributed by atoms with Crippen LogP contribution >= 0.6 is 15.9 Å². The Hall–Kier alpha value is -0.580. The molecule has 0 bridgehead atoms. The van der Waals surface area contributed by atoms with Crippen LogP contribution in [0.1, 0.15) is 25.0 Å². The van der Waals surface area contributed by atoms with Crippen LogP contribution in [0.15, 0.2) is 16.6 Å². The number of benzene rings is 1. The second-order valence-electron chi connectivity index (χ2n) is 4.96. The molecule has 3 nitrogen and oxygen atoms in total. The maximum Gasteiger partial charge on any atom is 0.125 e. The Morgan fingerprint density at radius 3 is 2.95 bits per heavy atom. The molecule has 0 aromatic heterocycles. The van der Waals surface area contributed by atoms with E-state index in [4.69, 9.17) is 9.47 Å². The van der Waals surface area contributed by atoms with Gasteiger partial charge in [0.15, 0.2) is 0 Å². The first kappa shape index (κ1) is 14.8. The summed E-state index contributed by atoms with van der Waals surface area (Å²) < 4.78 is 12.4. The summed E-state index contributed by atoms with van der Waals surface area (Å²) in [6, 6.07) is 4.63. The molecule has 0 amide bonds. The van der Waals surface area contributed by atoms with E-state index in [2.05, 4.69) is 47.2 Å². The van der Waals surface area contributed by atoms with Crippen LogP contribution in [0, 0.1) is 0 Å². The van der Waals surface area contributed by atoms with Gasteiger partial charge in [-0.3, -0.25) is 0 Å². The van der Waals surface area contributed by atoms with Gasteiger partial charge >= 0.3 is 0 Å². The van der Waals surface area contributed by atoms with E-state index in [-0.39, 0.29) is 6.10 Å². The molecule has 1 heterocycles. The van der Waals surface area contributed by atoms with Gasteiger partial charge in [-0.15, -0.1) is 0 Å². The number of hydrogen-bond donors (Lipinski definition) is 1. The first-order valence-corrected chi connectivity index (χ1v) is 7.65. The molecule has 0 radical (unpaired) electrons. The monoisotopic (exact) mass is 327 g/mol. The summed E-state index contributed by atoms with van der Waals surface area (Å²) in [6.45, 7) is 5.96. The maximum absolute atomic E-state index is 5.79. The first-order valence-electron chi connectivity index (χ1n) is 6.86. The fourth-order valence-electron chi connectivity index (χ4n) is 2.57. The summed E-state index contributed by atoms with van der Waals surface area (Å²) in [7, 11) is 1.76. The Bertz CT molecular complexity index is 436. The van der Waals surface area contributed by atoms with Crippen molar-refractivity contribution in [2.75, 3.05) is 20.3 Å². The van der Waals surface area contributed by atoms with Gasteiger partial charge in [-0.2, -0.15) is 0 Å². The lowest BCUT2D eigenvalue weighted by Gasteiger charge is -2.24. The lowest BCUT2D eigenvalue weighted by Crippen LogP contribution is -2.41. The topological polar surface area (TPSA) is 30.5 Å². The summed E-state index contributed by atoms with van der Waals surface area (Å²) in [6.07, 6.45) is 2.11. The van der Waals surface area contributed by atoms with Gasteiger partial charge in [0, 0.05) is 24.0 Å². The molecule has 1 N–H and O–H groups in total. The van der Waals surface area contributed by atoms with Gasteiger partial charge in [0.05, 0.1) is 12.7 Å². The molecular weight excluding hydrogens is 306 g/mol. The Kier molecular flexibility index (Phi) is 5.25. The number of nitrogens with one attached hydrogen (secondary N) is 1. The molecule has 0 saturated heterocycles. The van der Waals surface area contributed by atoms with Gasteiger partial charge in [-0.25, -0.2) is 0 Å². The standard InChI is InChI=1S/C15H22BrNO2/c1-4-17-14(10(2)18-3)9-12-8-13(16)7-11-5-6-19-15(11)12/h7-8,10,14,17H,4-6,9H2,1-3H3. The SMILES string of the molecule is CCNC(Cc1cc(Br)cc2c1OCC2)C(C)OC. The van der Waals surface area contributed by atoms with Crippen molar-refractivity contribution in [1.82, 2.24) is 5.32 Å². The number of ether oxygens (including phenoxy) is 2. The number of fused-ring (bicyclic) bond motifs is 1. The number of halogens is 1. The van der Waals surface area contributed by atoms with E-state index in [9.17, 15) is 0 Å². The minimum Gasteiger partial charge on any atom is -0.493 e. The van der Waals surface area contributed by atoms with Crippen LogP contribution in [0.5, 0.6) is 5.75 Å². The summed E-state index contributed by atoms with van der Waals surface area (Å²) in [4.78, 5) is 0. The molecule has 2 atom stereocenters. The van der Waals surface area contributed by atoms with Crippen LogP contribution in [-0.4, -0.2) is 32.4 Å². The summed E-state index contributed by atoms with van der Waals surface area (Å²) in [5.74, 6) is 1.08. The van der Waals surface area contributed by atoms with Crippen molar-refractivity contribution in [2.24, 2.45) is 0 Å². The summed E-state index contributed by atoms with van der Waals surface area (Å²) in [5, 5.41) is 3.50. The van der Waals surface area contributed by atoms with E-state index in [0.29, 0.717) is 6.04 Å². The van der Waals surface area contributed by atoms with Gasteiger partial charge in [0.1, 0.15) is 5.75 Å². The number of methoxy groups -OCH3 is 1. The Morgan fingerprint density at radius 1 is 1.47 bits per heavy atom. The largest absolute Gasteiger partial charge is 0.493 e. The Balaban J connectivity index is 2.21. The number of hydrogen-bond acceptors (Lipinski definition) is 3. The third-order valence-corrected chi connectivity index (χ3v) is 4.13. The molecule has 0 aliphatic carbocycles. The molecule has 0 spiro atoms. The van der Waals surface area contributed by atoms with Gasteiger partial charge < -0.3 is 14.8 Å². The van der Waals surface area contributed by atoms with Crippen LogP contribution in [0.2, 0.25) is 0 Å². The third-order valence-electron chi connectivity index (χ3n) is 3.67. The van der Waals surface area contributed by atoms with Crippen molar-refractivity contribution in [1.29, 1.82) is 0 Å². The van der Waals surface area contributed by atoms with E-state index in [0.717, 1.165) is 36.2 Å². The van der Waals surface area contributed by atoms with E-state index < -0.39 is 0 Å². The van der Waals surface area contributed by atoms with Crippen molar-refractivity contribution in [2.45, 2.75) is 38.8 Å². The highest BCUT2D eigenvalue weighted by molar-refractivity contribution is 9.10. The molecule has 1 aromatic rings. The third kappa shape index (κ3) is 3.50. The van der Waals surface area contributed by atoms with Gasteiger partial charge in [-0.05, 0) is 43.1 Å². The summed E-state index contributed by atoms with van der Waals surface area (Å²) in [5.41, 5.74) is 2.57. The minimum absolute atomic E-state index is 0.177. The molecule has 1 aliphatic heterocycles. The van der Waals surface area contributed by atoms with Gasteiger partial charge in [-0.1, -0.05) is 22.9 Å².